The van der Waals surface area contributed by atoms with Crippen molar-refractivity contribution in [2.75, 3.05) is 31.5 Å². The number of carbonyl (C=O) groups excluding carboxylic acids is 1. The van der Waals surface area contributed by atoms with E-state index in [1.165, 1.54) is 0 Å². The van der Waals surface area contributed by atoms with Gasteiger partial charge in [0.05, 0.1) is 11.1 Å². The molecular formula is C16H26ClN3O2. The molecule has 0 radical (unpaired) electrons. The maximum Gasteiger partial charge on any atom is 0.319 e. The Morgan fingerprint density at radius 2 is 2.00 bits per heavy atom. The molecule has 5 nitrogen and oxygen atoms in total. The minimum atomic E-state index is -0.235. The molecule has 0 unspecified atom stereocenters. The number of halogens is 1. The molecular weight excluding hydrogens is 302 g/mol. The first-order valence-electron chi connectivity index (χ1n) is 7.69. The first-order valence-corrected chi connectivity index (χ1v) is 8.07. The van der Waals surface area contributed by atoms with Crippen molar-refractivity contribution < 1.29 is 9.53 Å². The first-order chi connectivity index (χ1) is 10.5. The molecule has 0 heterocycles. The lowest BCUT2D eigenvalue weighted by Crippen LogP contribution is -2.36. The number of nitrogens with zero attached hydrogens (tertiary/aromatic N) is 1. The van der Waals surface area contributed by atoms with Gasteiger partial charge in [-0.15, -0.1) is 0 Å². The van der Waals surface area contributed by atoms with Crippen LogP contribution in [0, 0.1) is 0 Å². The first kappa shape index (κ1) is 18.6. The van der Waals surface area contributed by atoms with Crippen molar-refractivity contribution >= 4 is 23.3 Å². The van der Waals surface area contributed by atoms with Gasteiger partial charge in [-0.05, 0) is 45.1 Å². The molecule has 0 saturated heterocycles. The summed E-state index contributed by atoms with van der Waals surface area (Å²) >= 11 is 6.14. The molecule has 0 aliphatic heterocycles. The van der Waals surface area contributed by atoms with Crippen LogP contribution in [0.2, 0.25) is 5.02 Å². The molecule has 0 saturated carbocycles. The lowest BCUT2D eigenvalue weighted by atomic mass is 10.3. The van der Waals surface area contributed by atoms with Gasteiger partial charge in [0.25, 0.3) is 0 Å². The van der Waals surface area contributed by atoms with E-state index in [1.54, 1.807) is 18.2 Å². The average Bonchev–Trinajstić information content (AvgIpc) is 2.46. The molecule has 1 rings (SSSR count). The van der Waals surface area contributed by atoms with Gasteiger partial charge in [-0.2, -0.15) is 0 Å². The highest BCUT2D eigenvalue weighted by molar-refractivity contribution is 6.32. The molecule has 124 valence electrons. The van der Waals surface area contributed by atoms with Gasteiger partial charge in [0.2, 0.25) is 0 Å². The standard InChI is InChI=1S/C16H26ClN3O2/c1-5-20(6-2)10-9-18-16(21)19-13-7-8-15(14(17)11-13)22-12(3)4/h7-8,11-12H,5-6,9-10H2,1-4H3,(H2,18,19,21). The third kappa shape index (κ3) is 6.54. The van der Waals surface area contributed by atoms with Crippen LogP contribution in [0.25, 0.3) is 0 Å². The number of hydrogen-bond acceptors (Lipinski definition) is 3. The lowest BCUT2D eigenvalue weighted by molar-refractivity contribution is 0.242. The summed E-state index contributed by atoms with van der Waals surface area (Å²) in [6.07, 6.45) is 0.0553. The predicted molar refractivity (Wildman–Crippen MR) is 92.0 cm³/mol. The van der Waals surface area contributed by atoms with Crippen molar-refractivity contribution in [2.45, 2.75) is 33.8 Å². The average molecular weight is 328 g/mol. The normalized spacial score (nSPS) is 10.9. The summed E-state index contributed by atoms with van der Waals surface area (Å²) in [5, 5.41) is 6.08. The van der Waals surface area contributed by atoms with Crippen LogP contribution in [0.4, 0.5) is 10.5 Å². The highest BCUT2D eigenvalue weighted by Crippen LogP contribution is 2.28. The number of carbonyl (C=O) groups is 1. The summed E-state index contributed by atoms with van der Waals surface area (Å²) < 4.78 is 5.56. The summed E-state index contributed by atoms with van der Waals surface area (Å²) in [6, 6.07) is 4.98. The second kappa shape index (κ2) is 9.54. The number of ether oxygens (including phenoxy) is 1. The van der Waals surface area contributed by atoms with E-state index in [0.29, 0.717) is 23.0 Å². The molecule has 1 aromatic carbocycles. The molecule has 0 atom stereocenters. The maximum absolute atomic E-state index is 11.8. The van der Waals surface area contributed by atoms with Crippen LogP contribution >= 0.6 is 11.6 Å². The zero-order valence-corrected chi connectivity index (χ0v) is 14.5. The molecule has 2 amide bonds. The molecule has 0 aliphatic rings. The maximum atomic E-state index is 11.8. The Balaban J connectivity index is 2.46. The smallest absolute Gasteiger partial charge is 0.319 e. The van der Waals surface area contributed by atoms with E-state index in [4.69, 9.17) is 16.3 Å². The Hall–Kier alpha value is -1.46. The largest absolute Gasteiger partial charge is 0.489 e. The Labute approximate surface area is 138 Å². The van der Waals surface area contributed by atoms with Crippen molar-refractivity contribution in [1.82, 2.24) is 10.2 Å². The van der Waals surface area contributed by atoms with Gasteiger partial charge >= 0.3 is 6.03 Å². The van der Waals surface area contributed by atoms with Crippen molar-refractivity contribution in [3.8, 4) is 5.75 Å². The fraction of sp³-hybridized carbons (Fsp3) is 0.562. The zero-order valence-electron chi connectivity index (χ0n) is 13.8. The quantitative estimate of drug-likeness (QED) is 0.767. The van der Waals surface area contributed by atoms with Gasteiger partial charge in [-0.1, -0.05) is 25.4 Å². The van der Waals surface area contributed by atoms with E-state index >= 15 is 0 Å². The molecule has 0 bridgehead atoms. The van der Waals surface area contributed by atoms with Crippen LogP contribution in [0.1, 0.15) is 27.7 Å². The minimum Gasteiger partial charge on any atom is -0.489 e. The lowest BCUT2D eigenvalue weighted by Gasteiger charge is -2.18. The molecule has 6 heteroatoms. The molecule has 0 spiro atoms. The third-order valence-corrected chi connectivity index (χ3v) is 3.46. The van der Waals surface area contributed by atoms with E-state index in [0.717, 1.165) is 19.6 Å². The van der Waals surface area contributed by atoms with Gasteiger partial charge in [-0.3, -0.25) is 0 Å². The van der Waals surface area contributed by atoms with Crippen molar-refractivity contribution in [2.24, 2.45) is 0 Å². The number of urea groups is 1. The number of nitrogens with one attached hydrogen (secondary N) is 2. The summed E-state index contributed by atoms with van der Waals surface area (Å²) in [7, 11) is 0. The molecule has 22 heavy (non-hydrogen) atoms. The summed E-state index contributed by atoms with van der Waals surface area (Å²) in [5.74, 6) is 0.615. The van der Waals surface area contributed by atoms with Crippen LogP contribution in [0.15, 0.2) is 18.2 Å². The monoisotopic (exact) mass is 327 g/mol. The fourth-order valence-electron chi connectivity index (χ4n) is 1.97. The third-order valence-electron chi connectivity index (χ3n) is 3.16. The second-order valence-corrected chi connectivity index (χ2v) is 5.63. The van der Waals surface area contributed by atoms with Crippen LogP contribution in [0.5, 0.6) is 5.75 Å². The molecule has 0 fully saturated rings. The zero-order chi connectivity index (χ0) is 16.5. The fourth-order valence-corrected chi connectivity index (χ4v) is 2.20. The molecule has 2 N–H and O–H groups in total. The van der Waals surface area contributed by atoms with Crippen LogP contribution < -0.4 is 15.4 Å². The van der Waals surface area contributed by atoms with E-state index in [9.17, 15) is 4.79 Å². The Morgan fingerprint density at radius 1 is 1.32 bits per heavy atom. The van der Waals surface area contributed by atoms with Gasteiger partial charge in [-0.25, -0.2) is 4.79 Å². The van der Waals surface area contributed by atoms with Gasteiger partial charge in [0, 0.05) is 18.8 Å². The van der Waals surface area contributed by atoms with E-state index in [-0.39, 0.29) is 12.1 Å². The summed E-state index contributed by atoms with van der Waals surface area (Å²) in [4.78, 5) is 14.1. The topological polar surface area (TPSA) is 53.6 Å². The highest BCUT2D eigenvalue weighted by atomic mass is 35.5. The van der Waals surface area contributed by atoms with Gasteiger partial charge in [0.15, 0.2) is 0 Å². The number of benzene rings is 1. The molecule has 0 aromatic heterocycles. The number of anilines is 1. The summed E-state index contributed by atoms with van der Waals surface area (Å²) in [5.41, 5.74) is 0.640. The number of hydrogen-bond donors (Lipinski definition) is 2. The Bertz CT molecular complexity index is 476. The van der Waals surface area contributed by atoms with Gasteiger partial charge in [0.1, 0.15) is 5.75 Å². The number of likely N-dealkylation sites (N-methyl/N-ethyl adjacent to an activating group) is 1. The van der Waals surface area contributed by atoms with E-state index in [1.807, 2.05) is 13.8 Å². The number of rotatable bonds is 8. The second-order valence-electron chi connectivity index (χ2n) is 5.22. The van der Waals surface area contributed by atoms with Crippen LogP contribution in [-0.4, -0.2) is 43.2 Å². The molecule has 1 aromatic rings. The van der Waals surface area contributed by atoms with Crippen LogP contribution in [0.3, 0.4) is 0 Å². The predicted octanol–water partition coefficient (Wildman–Crippen LogP) is 3.59. The van der Waals surface area contributed by atoms with Crippen molar-refractivity contribution in [3.05, 3.63) is 23.2 Å². The molecule has 0 aliphatic carbocycles. The van der Waals surface area contributed by atoms with Crippen molar-refractivity contribution in [3.63, 3.8) is 0 Å². The van der Waals surface area contributed by atoms with Crippen LogP contribution in [-0.2, 0) is 0 Å². The van der Waals surface area contributed by atoms with E-state index < -0.39 is 0 Å². The van der Waals surface area contributed by atoms with Crippen molar-refractivity contribution in [1.29, 1.82) is 0 Å². The summed E-state index contributed by atoms with van der Waals surface area (Å²) in [6.45, 7) is 11.5. The van der Waals surface area contributed by atoms with E-state index in [2.05, 4.69) is 29.4 Å². The Kier molecular flexibility index (Phi) is 8.06. The number of amides is 2. The SMILES string of the molecule is CCN(CC)CCNC(=O)Nc1ccc(OC(C)C)c(Cl)c1. The Morgan fingerprint density at radius 3 is 2.55 bits per heavy atom. The van der Waals surface area contributed by atoms with Gasteiger partial charge < -0.3 is 20.3 Å². The minimum absolute atomic E-state index is 0.0553. The highest BCUT2D eigenvalue weighted by Gasteiger charge is 2.07.